The Morgan fingerprint density at radius 2 is 1.93 bits per heavy atom. The van der Waals surface area contributed by atoms with Crippen molar-refractivity contribution in [3.8, 4) is 0 Å². The van der Waals surface area contributed by atoms with Crippen LogP contribution < -0.4 is 15.5 Å². The van der Waals surface area contributed by atoms with E-state index in [1.807, 2.05) is 18.5 Å². The smallest absolute Gasteiger partial charge is 0.192 e. The molecule has 2 heterocycles. The van der Waals surface area contributed by atoms with Gasteiger partial charge in [-0.05, 0) is 31.9 Å². The van der Waals surface area contributed by atoms with Gasteiger partial charge in [-0.25, -0.2) is 4.99 Å². The summed E-state index contributed by atoms with van der Waals surface area (Å²) < 4.78 is 7.12. The molecule has 2 N–H and O–H groups in total. The lowest BCUT2D eigenvalue weighted by Gasteiger charge is -2.34. The number of piperidine rings is 1. The molecule has 1 fully saturated rings. The molecule has 0 saturated carbocycles. The van der Waals surface area contributed by atoms with E-state index in [1.165, 1.54) is 5.69 Å². The molecule has 1 aliphatic heterocycles. The summed E-state index contributed by atoms with van der Waals surface area (Å²) in [4.78, 5) is 7.15. The maximum absolute atomic E-state index is 5.15. The zero-order chi connectivity index (χ0) is 19.8. The summed E-state index contributed by atoms with van der Waals surface area (Å²) in [6.07, 6.45) is 2.14. The molecule has 8 nitrogen and oxygen atoms in total. The Kier molecular flexibility index (Phi) is 9.65. The third-order valence-electron chi connectivity index (χ3n) is 5.12. The second-order valence-corrected chi connectivity index (χ2v) is 7.05. The largest absolute Gasteiger partial charge is 0.383 e. The second kappa shape index (κ2) is 12.0. The summed E-state index contributed by atoms with van der Waals surface area (Å²) in [5, 5.41) is 15.2. The molecule has 0 unspecified atom stereocenters. The summed E-state index contributed by atoms with van der Waals surface area (Å²) in [7, 11) is 3.67. The fraction of sp³-hybridized carbons (Fsp3) is 0.550. The number of hydrogen-bond acceptors (Lipinski definition) is 5. The number of para-hydroxylation sites is 1. The van der Waals surface area contributed by atoms with Crippen LogP contribution in [0.15, 0.2) is 35.3 Å². The molecule has 1 saturated heterocycles. The van der Waals surface area contributed by atoms with Crippen LogP contribution in [0.3, 0.4) is 0 Å². The number of aryl methyl sites for hydroxylation is 1. The molecule has 1 aliphatic rings. The first kappa shape index (κ1) is 23.4. The van der Waals surface area contributed by atoms with Gasteiger partial charge in [-0.15, -0.1) is 34.2 Å². The number of guanidine groups is 1. The number of hydrogen-bond donors (Lipinski definition) is 2. The van der Waals surface area contributed by atoms with E-state index < -0.39 is 0 Å². The Hall–Kier alpha value is -1.88. The molecule has 0 aliphatic carbocycles. The molecular weight excluding hydrogens is 481 g/mol. The van der Waals surface area contributed by atoms with E-state index in [0.29, 0.717) is 25.7 Å². The van der Waals surface area contributed by atoms with Crippen LogP contribution in [0.4, 0.5) is 5.69 Å². The van der Waals surface area contributed by atoms with Gasteiger partial charge in [0.05, 0.1) is 6.61 Å². The third kappa shape index (κ3) is 6.84. The lowest BCUT2D eigenvalue weighted by molar-refractivity contribution is 0.203. The maximum Gasteiger partial charge on any atom is 0.192 e. The summed E-state index contributed by atoms with van der Waals surface area (Å²) in [5.41, 5.74) is 1.30. The molecule has 9 heteroatoms. The quantitative estimate of drug-likeness (QED) is 0.256. The highest BCUT2D eigenvalue weighted by Crippen LogP contribution is 2.19. The van der Waals surface area contributed by atoms with Crippen molar-refractivity contribution in [1.82, 2.24) is 25.4 Å². The van der Waals surface area contributed by atoms with E-state index >= 15 is 0 Å². The Morgan fingerprint density at radius 1 is 1.21 bits per heavy atom. The summed E-state index contributed by atoms with van der Waals surface area (Å²) in [6, 6.07) is 11.0. The first-order valence-corrected chi connectivity index (χ1v) is 9.86. The van der Waals surface area contributed by atoms with Gasteiger partial charge >= 0.3 is 0 Å². The van der Waals surface area contributed by atoms with E-state index in [9.17, 15) is 0 Å². The van der Waals surface area contributed by atoms with Gasteiger partial charge in [0.2, 0.25) is 0 Å². The van der Waals surface area contributed by atoms with Crippen LogP contribution in [-0.2, 0) is 18.3 Å². The number of aliphatic imine (C=N–C) groups is 1. The molecule has 0 spiro atoms. The number of halogens is 1. The molecule has 3 rings (SSSR count). The van der Waals surface area contributed by atoms with Crippen LogP contribution in [0.1, 0.15) is 24.5 Å². The van der Waals surface area contributed by atoms with E-state index in [2.05, 4.69) is 56.1 Å². The molecule has 29 heavy (non-hydrogen) atoms. The molecule has 160 valence electrons. The Labute approximate surface area is 190 Å². The topological polar surface area (TPSA) is 79.6 Å². The summed E-state index contributed by atoms with van der Waals surface area (Å²) >= 11 is 0. The average Bonchev–Trinajstić information content (AvgIpc) is 3.05. The Bertz CT molecular complexity index is 757. The van der Waals surface area contributed by atoms with Crippen molar-refractivity contribution >= 4 is 35.6 Å². The summed E-state index contributed by atoms with van der Waals surface area (Å²) in [5.74, 6) is 2.54. The van der Waals surface area contributed by atoms with Crippen molar-refractivity contribution in [2.75, 3.05) is 38.3 Å². The van der Waals surface area contributed by atoms with Crippen molar-refractivity contribution in [1.29, 1.82) is 0 Å². The highest BCUT2D eigenvalue weighted by molar-refractivity contribution is 14.0. The van der Waals surface area contributed by atoms with Gasteiger partial charge in [0.1, 0.15) is 12.4 Å². The van der Waals surface area contributed by atoms with Crippen molar-refractivity contribution in [3.63, 3.8) is 0 Å². The molecule has 0 bridgehead atoms. The van der Waals surface area contributed by atoms with Gasteiger partial charge in [0.15, 0.2) is 11.8 Å². The molecule has 2 aromatic rings. The number of anilines is 1. The minimum absolute atomic E-state index is 0. The van der Waals surface area contributed by atoms with Gasteiger partial charge in [-0.1, -0.05) is 18.2 Å². The minimum atomic E-state index is 0. The van der Waals surface area contributed by atoms with Crippen molar-refractivity contribution in [2.45, 2.75) is 32.4 Å². The van der Waals surface area contributed by atoms with Crippen LogP contribution in [0.25, 0.3) is 0 Å². The minimum Gasteiger partial charge on any atom is -0.383 e. The van der Waals surface area contributed by atoms with E-state index in [4.69, 9.17) is 9.73 Å². The van der Waals surface area contributed by atoms with Crippen molar-refractivity contribution in [2.24, 2.45) is 12.0 Å². The predicted octanol–water partition coefficient (Wildman–Crippen LogP) is 2.09. The van der Waals surface area contributed by atoms with Gasteiger partial charge in [0.25, 0.3) is 0 Å². The zero-order valence-electron chi connectivity index (χ0n) is 17.5. The summed E-state index contributed by atoms with van der Waals surface area (Å²) in [6.45, 7) is 5.85. The first-order valence-electron chi connectivity index (χ1n) is 9.86. The second-order valence-electron chi connectivity index (χ2n) is 7.05. The number of aromatic nitrogens is 3. The van der Waals surface area contributed by atoms with Crippen LogP contribution in [0.2, 0.25) is 0 Å². The Morgan fingerprint density at radius 3 is 2.55 bits per heavy atom. The van der Waals surface area contributed by atoms with Gasteiger partial charge in [0, 0.05) is 45.5 Å². The number of ether oxygens (including phenoxy) is 1. The highest BCUT2D eigenvalue weighted by atomic mass is 127. The molecular formula is C20H32IN7O. The highest BCUT2D eigenvalue weighted by Gasteiger charge is 2.20. The molecule has 1 aromatic heterocycles. The SMILES string of the molecule is COCCNC(=NCc1nnc(C)n1C)NC1CCN(c2ccccc2)CC1.I. The number of benzene rings is 1. The Balaban J connectivity index is 0.00000300. The zero-order valence-corrected chi connectivity index (χ0v) is 19.8. The molecule has 1 aromatic carbocycles. The average molecular weight is 513 g/mol. The molecule has 0 radical (unpaired) electrons. The normalized spacial score (nSPS) is 15.1. The van der Waals surface area contributed by atoms with E-state index in [0.717, 1.165) is 43.5 Å². The van der Waals surface area contributed by atoms with Crippen LogP contribution >= 0.6 is 24.0 Å². The lowest BCUT2D eigenvalue weighted by Crippen LogP contribution is -2.49. The van der Waals surface area contributed by atoms with E-state index in [-0.39, 0.29) is 24.0 Å². The predicted molar refractivity (Wildman–Crippen MR) is 127 cm³/mol. The van der Waals surface area contributed by atoms with Crippen LogP contribution in [-0.4, -0.2) is 60.1 Å². The number of methoxy groups -OCH3 is 1. The number of nitrogens with one attached hydrogen (secondary N) is 2. The standard InChI is InChI=1S/C20H31N7O.HI/c1-16-24-25-19(26(16)2)15-22-20(21-11-14-28-3)23-17-9-12-27(13-10-17)18-7-5-4-6-8-18;/h4-8,17H,9-15H2,1-3H3,(H2,21,22,23);1H. The van der Waals surface area contributed by atoms with Gasteiger partial charge < -0.3 is 24.8 Å². The van der Waals surface area contributed by atoms with E-state index in [1.54, 1.807) is 7.11 Å². The van der Waals surface area contributed by atoms with Crippen LogP contribution in [0, 0.1) is 6.92 Å². The number of rotatable bonds is 7. The maximum atomic E-state index is 5.15. The third-order valence-corrected chi connectivity index (χ3v) is 5.12. The fourth-order valence-corrected chi connectivity index (χ4v) is 3.28. The van der Waals surface area contributed by atoms with Crippen molar-refractivity contribution < 1.29 is 4.74 Å². The van der Waals surface area contributed by atoms with Gasteiger partial charge in [-0.2, -0.15) is 0 Å². The first-order chi connectivity index (χ1) is 13.7. The molecule has 0 amide bonds. The number of nitrogens with zero attached hydrogens (tertiary/aromatic N) is 5. The lowest BCUT2D eigenvalue weighted by atomic mass is 10.0. The fourth-order valence-electron chi connectivity index (χ4n) is 3.28. The van der Waals surface area contributed by atoms with Crippen LogP contribution in [0.5, 0.6) is 0 Å². The monoisotopic (exact) mass is 513 g/mol. The molecule has 0 atom stereocenters. The van der Waals surface area contributed by atoms with Crippen molar-refractivity contribution in [3.05, 3.63) is 42.0 Å². The van der Waals surface area contributed by atoms with Gasteiger partial charge in [-0.3, -0.25) is 0 Å².